The molecule has 0 spiro atoms. The number of nitrogens with zero attached hydrogens (tertiary/aromatic N) is 2. The van der Waals surface area contributed by atoms with E-state index >= 15 is 0 Å². The monoisotopic (exact) mass is 197 g/mol. The summed E-state index contributed by atoms with van der Waals surface area (Å²) in [5, 5.41) is 0. The molecule has 0 aromatic carbocycles. The van der Waals surface area contributed by atoms with E-state index in [1.54, 1.807) is 0 Å². The molecule has 1 aromatic rings. The molecule has 0 fully saturated rings. The van der Waals surface area contributed by atoms with Crippen molar-refractivity contribution < 1.29 is 9.47 Å². The van der Waals surface area contributed by atoms with Crippen LogP contribution in [0.2, 0.25) is 0 Å². The van der Waals surface area contributed by atoms with E-state index in [9.17, 15) is 0 Å². The summed E-state index contributed by atoms with van der Waals surface area (Å²) in [6.45, 7) is 6.19. The predicted molar refractivity (Wildman–Crippen MR) is 53.4 cm³/mol. The van der Waals surface area contributed by atoms with Crippen molar-refractivity contribution in [2.45, 2.75) is 26.9 Å². The zero-order chi connectivity index (χ0) is 10.6. The molecule has 0 saturated carbocycles. The molecule has 0 aliphatic rings. The molecule has 78 valence electrons. The van der Waals surface area contributed by atoms with Gasteiger partial charge in [-0.2, -0.15) is 9.97 Å². The van der Waals surface area contributed by atoms with Crippen molar-refractivity contribution in [2.24, 2.45) is 0 Å². The van der Waals surface area contributed by atoms with Gasteiger partial charge in [0.15, 0.2) is 5.69 Å². The van der Waals surface area contributed by atoms with Crippen molar-refractivity contribution in [3.8, 4) is 11.8 Å². The Morgan fingerprint density at radius 2 is 2.00 bits per heavy atom. The van der Waals surface area contributed by atoms with E-state index in [2.05, 4.69) is 9.97 Å². The molecule has 1 rings (SSSR count). The van der Waals surface area contributed by atoms with Crippen LogP contribution in [0, 0.1) is 0 Å². The number of nitrogens with two attached hydrogens (primary N) is 1. The Hall–Kier alpha value is -1.52. The van der Waals surface area contributed by atoms with Crippen molar-refractivity contribution in [3.63, 3.8) is 0 Å². The second-order valence-electron chi connectivity index (χ2n) is 3.00. The average molecular weight is 197 g/mol. The SMILES string of the molecule is CCOc1ncnc(OC(C)C)c1N. The molecule has 5 nitrogen and oxygen atoms in total. The number of aromatic nitrogens is 2. The lowest BCUT2D eigenvalue weighted by Crippen LogP contribution is -2.10. The summed E-state index contributed by atoms with van der Waals surface area (Å²) in [5.41, 5.74) is 6.09. The van der Waals surface area contributed by atoms with E-state index in [1.165, 1.54) is 6.33 Å². The van der Waals surface area contributed by atoms with Gasteiger partial charge in [-0.15, -0.1) is 0 Å². The van der Waals surface area contributed by atoms with E-state index in [4.69, 9.17) is 15.2 Å². The van der Waals surface area contributed by atoms with Crippen molar-refractivity contribution in [3.05, 3.63) is 6.33 Å². The first-order valence-electron chi connectivity index (χ1n) is 4.55. The van der Waals surface area contributed by atoms with Gasteiger partial charge < -0.3 is 15.2 Å². The highest BCUT2D eigenvalue weighted by Gasteiger charge is 2.10. The van der Waals surface area contributed by atoms with E-state index in [0.29, 0.717) is 24.1 Å². The second kappa shape index (κ2) is 4.64. The quantitative estimate of drug-likeness (QED) is 0.786. The summed E-state index contributed by atoms with van der Waals surface area (Å²) in [6.07, 6.45) is 1.40. The van der Waals surface area contributed by atoms with Gasteiger partial charge in [-0.1, -0.05) is 0 Å². The minimum absolute atomic E-state index is 0.0293. The number of hydrogen-bond acceptors (Lipinski definition) is 5. The van der Waals surface area contributed by atoms with Crippen molar-refractivity contribution in [1.29, 1.82) is 0 Å². The molecule has 0 unspecified atom stereocenters. The Bertz CT molecular complexity index is 302. The fraction of sp³-hybridized carbons (Fsp3) is 0.556. The predicted octanol–water partition coefficient (Wildman–Crippen LogP) is 1.24. The maximum Gasteiger partial charge on any atom is 0.244 e. The van der Waals surface area contributed by atoms with Gasteiger partial charge in [0.1, 0.15) is 6.33 Å². The normalized spacial score (nSPS) is 10.3. The van der Waals surface area contributed by atoms with Crippen LogP contribution in [0.1, 0.15) is 20.8 Å². The molecule has 5 heteroatoms. The zero-order valence-electron chi connectivity index (χ0n) is 8.65. The molecular weight excluding hydrogens is 182 g/mol. The average Bonchev–Trinajstić information content (AvgIpc) is 2.11. The maximum atomic E-state index is 5.74. The first-order valence-corrected chi connectivity index (χ1v) is 4.55. The van der Waals surface area contributed by atoms with Crippen LogP contribution in [0.3, 0.4) is 0 Å². The number of nitrogen functional groups attached to an aromatic ring is 1. The Morgan fingerprint density at radius 1 is 1.36 bits per heavy atom. The number of rotatable bonds is 4. The second-order valence-corrected chi connectivity index (χ2v) is 3.00. The highest BCUT2D eigenvalue weighted by molar-refractivity contribution is 5.55. The fourth-order valence-corrected chi connectivity index (χ4v) is 0.933. The van der Waals surface area contributed by atoms with Gasteiger partial charge in [-0.25, -0.2) is 0 Å². The topological polar surface area (TPSA) is 70.3 Å². The van der Waals surface area contributed by atoms with E-state index in [0.717, 1.165) is 0 Å². The largest absolute Gasteiger partial charge is 0.476 e. The lowest BCUT2D eigenvalue weighted by Gasteiger charge is -2.12. The highest BCUT2D eigenvalue weighted by atomic mass is 16.5. The standard InChI is InChI=1S/C9H15N3O2/c1-4-13-8-7(10)9(12-5-11-8)14-6(2)3/h5-6H,4,10H2,1-3H3. The van der Waals surface area contributed by atoms with Crippen LogP contribution in [0.25, 0.3) is 0 Å². The van der Waals surface area contributed by atoms with Crippen LogP contribution >= 0.6 is 0 Å². The first-order chi connectivity index (χ1) is 6.65. The molecule has 1 heterocycles. The van der Waals surface area contributed by atoms with Gasteiger partial charge in [0.25, 0.3) is 0 Å². The molecule has 2 N–H and O–H groups in total. The Morgan fingerprint density at radius 3 is 2.57 bits per heavy atom. The molecule has 0 radical (unpaired) electrons. The van der Waals surface area contributed by atoms with E-state index in [1.807, 2.05) is 20.8 Å². The summed E-state index contributed by atoms with van der Waals surface area (Å²) in [5.74, 6) is 0.747. The van der Waals surface area contributed by atoms with Crippen LogP contribution in [0.5, 0.6) is 11.8 Å². The lowest BCUT2D eigenvalue weighted by atomic mass is 10.4. The van der Waals surface area contributed by atoms with Crippen LogP contribution in [-0.2, 0) is 0 Å². The van der Waals surface area contributed by atoms with Gasteiger partial charge in [0.05, 0.1) is 12.7 Å². The van der Waals surface area contributed by atoms with Crippen molar-refractivity contribution in [1.82, 2.24) is 9.97 Å². The molecule has 0 bridgehead atoms. The van der Waals surface area contributed by atoms with Gasteiger partial charge >= 0.3 is 0 Å². The minimum Gasteiger partial charge on any atom is -0.476 e. The van der Waals surface area contributed by atoms with Crippen LogP contribution in [-0.4, -0.2) is 22.7 Å². The molecule has 0 amide bonds. The smallest absolute Gasteiger partial charge is 0.244 e. The summed E-state index contributed by atoms with van der Waals surface area (Å²) in [7, 11) is 0. The third kappa shape index (κ3) is 2.48. The summed E-state index contributed by atoms with van der Waals surface area (Å²) in [6, 6.07) is 0. The van der Waals surface area contributed by atoms with Crippen molar-refractivity contribution in [2.75, 3.05) is 12.3 Å². The summed E-state index contributed by atoms with van der Waals surface area (Å²) >= 11 is 0. The van der Waals surface area contributed by atoms with Gasteiger partial charge in [-0.05, 0) is 20.8 Å². The van der Waals surface area contributed by atoms with E-state index in [-0.39, 0.29) is 6.10 Å². The zero-order valence-corrected chi connectivity index (χ0v) is 8.65. The van der Waals surface area contributed by atoms with Crippen molar-refractivity contribution >= 4 is 5.69 Å². The van der Waals surface area contributed by atoms with Gasteiger partial charge in [-0.3, -0.25) is 0 Å². The molecular formula is C9H15N3O2. The molecule has 14 heavy (non-hydrogen) atoms. The number of hydrogen-bond donors (Lipinski definition) is 1. The van der Waals surface area contributed by atoms with Gasteiger partial charge in [0, 0.05) is 0 Å². The Balaban J connectivity index is 2.89. The lowest BCUT2D eigenvalue weighted by molar-refractivity contribution is 0.231. The van der Waals surface area contributed by atoms with Crippen LogP contribution in [0.15, 0.2) is 6.33 Å². The molecule has 0 saturated heterocycles. The number of anilines is 1. The Kier molecular flexibility index (Phi) is 3.50. The fourth-order valence-electron chi connectivity index (χ4n) is 0.933. The third-order valence-corrected chi connectivity index (χ3v) is 1.44. The Labute approximate surface area is 83.3 Å². The minimum atomic E-state index is 0.0293. The molecule has 0 aliphatic heterocycles. The maximum absolute atomic E-state index is 5.74. The van der Waals surface area contributed by atoms with Gasteiger partial charge in [0.2, 0.25) is 11.8 Å². The molecule has 1 aromatic heterocycles. The molecule has 0 atom stereocenters. The summed E-state index contributed by atoms with van der Waals surface area (Å²) < 4.78 is 10.6. The summed E-state index contributed by atoms with van der Waals surface area (Å²) in [4.78, 5) is 7.82. The molecule has 0 aliphatic carbocycles. The van der Waals surface area contributed by atoms with Crippen LogP contribution in [0.4, 0.5) is 5.69 Å². The van der Waals surface area contributed by atoms with E-state index < -0.39 is 0 Å². The van der Waals surface area contributed by atoms with Crippen LogP contribution < -0.4 is 15.2 Å². The number of ether oxygens (including phenoxy) is 2. The highest BCUT2D eigenvalue weighted by Crippen LogP contribution is 2.26. The third-order valence-electron chi connectivity index (χ3n) is 1.44. The first kappa shape index (κ1) is 10.6.